The second-order valence-corrected chi connectivity index (χ2v) is 6.52. The molecule has 1 amide bonds. The zero-order valence-corrected chi connectivity index (χ0v) is 13.7. The molecular formula is C17H21N3O4. The van der Waals surface area contributed by atoms with Gasteiger partial charge in [-0.3, -0.25) is 9.69 Å². The lowest BCUT2D eigenvalue weighted by atomic mass is 10.1. The highest BCUT2D eigenvalue weighted by molar-refractivity contribution is 5.91. The van der Waals surface area contributed by atoms with Crippen LogP contribution in [0.4, 0.5) is 0 Å². The fourth-order valence-corrected chi connectivity index (χ4v) is 3.57. The maximum atomic E-state index is 12.5. The molecule has 24 heavy (non-hydrogen) atoms. The molecule has 128 valence electrons. The van der Waals surface area contributed by atoms with Crippen LogP contribution in [-0.4, -0.2) is 59.8 Å². The molecular weight excluding hydrogens is 310 g/mol. The van der Waals surface area contributed by atoms with Gasteiger partial charge in [0.05, 0.1) is 24.7 Å². The second kappa shape index (κ2) is 6.41. The molecule has 2 aromatic rings. The summed E-state index contributed by atoms with van der Waals surface area (Å²) in [5, 5.41) is 4.06. The molecule has 7 nitrogen and oxygen atoms in total. The van der Waals surface area contributed by atoms with Gasteiger partial charge in [0.2, 0.25) is 0 Å². The van der Waals surface area contributed by atoms with Crippen LogP contribution < -0.4 is 0 Å². The number of carbonyl (C=O) groups is 1. The number of hydrogen-bond donors (Lipinski definition) is 0. The van der Waals surface area contributed by atoms with Gasteiger partial charge >= 0.3 is 0 Å². The topological polar surface area (TPSA) is 72.0 Å². The Balaban J connectivity index is 1.40. The molecule has 7 heteroatoms. The third-order valence-electron chi connectivity index (χ3n) is 4.69. The van der Waals surface area contributed by atoms with E-state index in [9.17, 15) is 4.79 Å². The number of hydrogen-bond acceptors (Lipinski definition) is 6. The number of furan rings is 1. The zero-order chi connectivity index (χ0) is 16.5. The van der Waals surface area contributed by atoms with Gasteiger partial charge in [0.25, 0.3) is 5.91 Å². The Labute approximate surface area is 140 Å². The maximum Gasteiger partial charge on any atom is 0.289 e. The molecule has 2 fully saturated rings. The summed E-state index contributed by atoms with van der Waals surface area (Å²) in [5.74, 6) is 1.46. The maximum absolute atomic E-state index is 12.5. The Bertz CT molecular complexity index is 697. The van der Waals surface area contributed by atoms with E-state index in [0.29, 0.717) is 31.4 Å². The van der Waals surface area contributed by atoms with Crippen LogP contribution >= 0.6 is 0 Å². The summed E-state index contributed by atoms with van der Waals surface area (Å²) in [7, 11) is 0. The minimum atomic E-state index is -0.0603. The molecule has 2 aliphatic rings. The van der Waals surface area contributed by atoms with Crippen LogP contribution in [0.5, 0.6) is 0 Å². The molecule has 0 unspecified atom stereocenters. The Morgan fingerprint density at radius 1 is 1.38 bits per heavy atom. The van der Waals surface area contributed by atoms with Crippen molar-refractivity contribution in [3.63, 3.8) is 0 Å². The van der Waals surface area contributed by atoms with E-state index in [2.05, 4.69) is 10.1 Å². The van der Waals surface area contributed by atoms with Crippen LogP contribution in [0.2, 0.25) is 0 Å². The fourth-order valence-electron chi connectivity index (χ4n) is 3.57. The Kier molecular flexibility index (Phi) is 4.12. The largest absolute Gasteiger partial charge is 0.459 e. The Morgan fingerprint density at radius 2 is 2.29 bits per heavy atom. The molecule has 0 radical (unpaired) electrons. The summed E-state index contributed by atoms with van der Waals surface area (Å²) in [6, 6.07) is 5.41. The predicted molar refractivity (Wildman–Crippen MR) is 84.4 cm³/mol. The molecule has 0 saturated carbocycles. The van der Waals surface area contributed by atoms with Crippen LogP contribution in [0.25, 0.3) is 0 Å². The fraction of sp³-hybridized carbons (Fsp3) is 0.529. The number of aromatic nitrogens is 1. The van der Waals surface area contributed by atoms with Crippen LogP contribution in [0, 0.1) is 12.8 Å². The average molecular weight is 331 g/mol. The van der Waals surface area contributed by atoms with E-state index in [1.807, 2.05) is 17.9 Å². The first-order valence-electron chi connectivity index (χ1n) is 8.28. The van der Waals surface area contributed by atoms with Crippen molar-refractivity contribution in [3.05, 3.63) is 41.7 Å². The molecule has 4 heterocycles. The van der Waals surface area contributed by atoms with Crippen LogP contribution in [0.15, 0.2) is 33.4 Å². The van der Waals surface area contributed by atoms with Crippen molar-refractivity contribution in [1.29, 1.82) is 0 Å². The molecule has 2 atom stereocenters. The monoisotopic (exact) mass is 331 g/mol. The van der Waals surface area contributed by atoms with Crippen molar-refractivity contribution in [2.24, 2.45) is 5.92 Å². The Morgan fingerprint density at radius 3 is 3.04 bits per heavy atom. The average Bonchev–Trinajstić information content (AvgIpc) is 3.27. The van der Waals surface area contributed by atoms with Crippen molar-refractivity contribution in [1.82, 2.24) is 15.0 Å². The molecule has 0 bridgehead atoms. The summed E-state index contributed by atoms with van der Waals surface area (Å²) in [4.78, 5) is 16.7. The molecule has 0 aliphatic carbocycles. The van der Waals surface area contributed by atoms with E-state index < -0.39 is 0 Å². The predicted octanol–water partition coefficient (Wildman–Crippen LogP) is 1.55. The molecule has 2 aromatic heterocycles. The second-order valence-electron chi connectivity index (χ2n) is 6.52. The molecule has 4 rings (SSSR count). The molecule has 2 saturated heterocycles. The van der Waals surface area contributed by atoms with Gasteiger partial charge in [0, 0.05) is 44.7 Å². The van der Waals surface area contributed by atoms with Crippen molar-refractivity contribution in [3.8, 4) is 0 Å². The summed E-state index contributed by atoms with van der Waals surface area (Å²) in [6.45, 7) is 6.25. The number of aryl methyl sites for hydroxylation is 1. The number of amides is 1. The van der Waals surface area contributed by atoms with Crippen LogP contribution in [0.3, 0.4) is 0 Å². The number of likely N-dealkylation sites (tertiary alicyclic amines) is 1. The first kappa shape index (κ1) is 15.4. The smallest absolute Gasteiger partial charge is 0.289 e. The lowest BCUT2D eigenvalue weighted by Crippen LogP contribution is -2.37. The van der Waals surface area contributed by atoms with E-state index in [4.69, 9.17) is 13.7 Å². The van der Waals surface area contributed by atoms with Gasteiger partial charge in [-0.2, -0.15) is 0 Å². The summed E-state index contributed by atoms with van der Waals surface area (Å²) in [6.07, 6.45) is 1.69. The van der Waals surface area contributed by atoms with E-state index in [1.54, 1.807) is 12.1 Å². The summed E-state index contributed by atoms with van der Waals surface area (Å²) in [5.41, 5.74) is 0.937. The van der Waals surface area contributed by atoms with Gasteiger partial charge in [-0.1, -0.05) is 5.16 Å². The highest BCUT2D eigenvalue weighted by Gasteiger charge is 2.38. The third-order valence-corrected chi connectivity index (χ3v) is 4.69. The van der Waals surface area contributed by atoms with E-state index in [0.717, 1.165) is 31.1 Å². The Hall–Kier alpha value is -2.12. The summed E-state index contributed by atoms with van der Waals surface area (Å²) < 4.78 is 16.4. The van der Waals surface area contributed by atoms with E-state index >= 15 is 0 Å². The van der Waals surface area contributed by atoms with Crippen molar-refractivity contribution >= 4 is 5.91 Å². The first-order chi connectivity index (χ1) is 11.7. The molecule has 0 N–H and O–H groups in total. The van der Waals surface area contributed by atoms with Crippen molar-refractivity contribution < 1.29 is 18.5 Å². The van der Waals surface area contributed by atoms with Crippen LogP contribution in [-0.2, 0) is 11.3 Å². The lowest BCUT2D eigenvalue weighted by Gasteiger charge is -2.22. The third kappa shape index (κ3) is 3.09. The lowest BCUT2D eigenvalue weighted by molar-refractivity contribution is 0.0497. The highest BCUT2D eigenvalue weighted by Crippen LogP contribution is 2.25. The number of ether oxygens (including phenoxy) is 1. The number of fused-ring (bicyclic) bond motifs is 1. The highest BCUT2D eigenvalue weighted by atomic mass is 16.5. The SMILES string of the molecule is Cc1cc(CN2C[C@@H]3CN(C(=O)c4ccco4)CCO[C@@H]3C2)no1. The van der Waals surface area contributed by atoms with Gasteiger partial charge in [-0.25, -0.2) is 0 Å². The standard InChI is InChI=1S/C17H21N3O4/c1-12-7-14(18-24-12)10-19-8-13-9-20(4-6-23-16(13)11-19)17(21)15-3-2-5-22-15/h2-3,5,7,13,16H,4,6,8-11H2,1H3/t13-,16-/m1/s1. The molecule has 2 aliphatic heterocycles. The van der Waals surface area contributed by atoms with Gasteiger partial charge in [0.1, 0.15) is 5.76 Å². The van der Waals surface area contributed by atoms with Gasteiger partial charge in [-0.05, 0) is 19.1 Å². The van der Waals surface area contributed by atoms with Gasteiger partial charge < -0.3 is 18.6 Å². The van der Waals surface area contributed by atoms with E-state index in [-0.39, 0.29) is 12.0 Å². The van der Waals surface area contributed by atoms with Crippen molar-refractivity contribution in [2.75, 3.05) is 32.8 Å². The quantitative estimate of drug-likeness (QED) is 0.850. The molecule has 0 spiro atoms. The minimum Gasteiger partial charge on any atom is -0.459 e. The first-order valence-corrected chi connectivity index (χ1v) is 8.28. The minimum absolute atomic E-state index is 0.0603. The van der Waals surface area contributed by atoms with Gasteiger partial charge in [-0.15, -0.1) is 0 Å². The van der Waals surface area contributed by atoms with Crippen molar-refractivity contribution in [2.45, 2.75) is 19.6 Å². The normalized spacial score (nSPS) is 24.8. The number of rotatable bonds is 3. The number of carbonyl (C=O) groups excluding carboxylic acids is 1. The number of nitrogens with zero attached hydrogens (tertiary/aromatic N) is 3. The van der Waals surface area contributed by atoms with E-state index in [1.165, 1.54) is 6.26 Å². The molecule has 0 aromatic carbocycles. The summed E-state index contributed by atoms with van der Waals surface area (Å²) >= 11 is 0. The van der Waals surface area contributed by atoms with Gasteiger partial charge in [0.15, 0.2) is 5.76 Å². The zero-order valence-electron chi connectivity index (χ0n) is 13.7. The van der Waals surface area contributed by atoms with Crippen LogP contribution in [0.1, 0.15) is 22.0 Å².